The van der Waals surface area contributed by atoms with Crippen molar-refractivity contribution in [1.82, 2.24) is 4.90 Å². The maximum atomic E-state index is 5.89. The molecular weight excluding hydrogens is 244 g/mol. The highest BCUT2D eigenvalue weighted by Crippen LogP contribution is 2.30. The molecule has 1 saturated carbocycles. The van der Waals surface area contributed by atoms with E-state index in [9.17, 15) is 0 Å². The van der Waals surface area contributed by atoms with Gasteiger partial charge in [0.2, 0.25) is 0 Å². The summed E-state index contributed by atoms with van der Waals surface area (Å²) in [5.41, 5.74) is 5.56. The Balaban J connectivity index is 1.83. The molecule has 0 spiro atoms. The van der Waals surface area contributed by atoms with Crippen LogP contribution in [0, 0.1) is 5.92 Å². The van der Waals surface area contributed by atoms with Gasteiger partial charge in [-0.25, -0.2) is 0 Å². The number of likely N-dealkylation sites (tertiary alicyclic amines) is 1. The molecule has 2 fully saturated rings. The molecular formula is C14H26N2OS. The monoisotopic (exact) mass is 270 g/mol. The van der Waals surface area contributed by atoms with Crippen molar-refractivity contribution in [3.05, 3.63) is 0 Å². The van der Waals surface area contributed by atoms with Crippen LogP contribution in [0.2, 0.25) is 0 Å². The molecule has 2 N–H and O–H groups in total. The minimum Gasteiger partial charge on any atom is -0.391 e. The van der Waals surface area contributed by atoms with E-state index in [0.29, 0.717) is 11.6 Å². The van der Waals surface area contributed by atoms with Crippen molar-refractivity contribution in [2.75, 3.05) is 26.2 Å². The van der Waals surface area contributed by atoms with E-state index in [4.69, 9.17) is 22.7 Å². The number of hydrogen-bond acceptors (Lipinski definition) is 3. The summed E-state index contributed by atoms with van der Waals surface area (Å²) in [6.45, 7) is 6.13. The second-order valence-corrected chi connectivity index (χ2v) is 6.18. The number of piperidine rings is 1. The number of nitrogens with two attached hydrogens (primary N) is 1. The predicted octanol–water partition coefficient (Wildman–Crippen LogP) is 2.33. The van der Waals surface area contributed by atoms with Gasteiger partial charge in [0.25, 0.3) is 0 Å². The normalized spacial score (nSPS) is 25.4. The Labute approximate surface area is 116 Å². The summed E-state index contributed by atoms with van der Waals surface area (Å²) >= 11 is 5.21. The molecule has 0 atom stereocenters. The van der Waals surface area contributed by atoms with Gasteiger partial charge in [0.15, 0.2) is 0 Å². The molecule has 1 heterocycles. The van der Waals surface area contributed by atoms with Crippen molar-refractivity contribution in [3.63, 3.8) is 0 Å². The molecule has 0 radical (unpaired) electrons. The van der Waals surface area contributed by atoms with Crippen molar-refractivity contribution in [2.24, 2.45) is 11.7 Å². The Morgan fingerprint density at radius 1 is 1.33 bits per heavy atom. The van der Waals surface area contributed by atoms with Crippen molar-refractivity contribution < 1.29 is 4.74 Å². The number of nitrogens with zero attached hydrogens (tertiary/aromatic N) is 1. The lowest BCUT2D eigenvalue weighted by atomic mass is 9.90. The van der Waals surface area contributed by atoms with Gasteiger partial charge in [0, 0.05) is 26.2 Å². The zero-order valence-corrected chi connectivity index (χ0v) is 12.3. The third kappa shape index (κ3) is 3.22. The Hall–Kier alpha value is -0.190. The van der Waals surface area contributed by atoms with Crippen LogP contribution < -0.4 is 5.73 Å². The molecule has 3 nitrogen and oxygen atoms in total. The van der Waals surface area contributed by atoms with Crippen LogP contribution >= 0.6 is 12.2 Å². The summed E-state index contributed by atoms with van der Waals surface area (Å²) in [4.78, 5) is 3.12. The van der Waals surface area contributed by atoms with Gasteiger partial charge in [-0.2, -0.15) is 0 Å². The first kappa shape index (κ1) is 14.2. The van der Waals surface area contributed by atoms with Gasteiger partial charge in [0.1, 0.15) is 10.6 Å². The summed E-state index contributed by atoms with van der Waals surface area (Å²) in [7, 11) is 0. The molecule has 0 bridgehead atoms. The van der Waals surface area contributed by atoms with Crippen molar-refractivity contribution >= 4 is 17.2 Å². The fourth-order valence-electron chi connectivity index (χ4n) is 3.39. The van der Waals surface area contributed by atoms with Gasteiger partial charge in [-0.3, -0.25) is 0 Å². The van der Waals surface area contributed by atoms with Gasteiger partial charge in [-0.05, 0) is 38.5 Å². The third-order valence-corrected chi connectivity index (χ3v) is 4.90. The lowest BCUT2D eigenvalue weighted by molar-refractivity contribution is -0.0307. The van der Waals surface area contributed by atoms with Crippen molar-refractivity contribution in [3.8, 4) is 0 Å². The maximum absolute atomic E-state index is 5.89. The summed E-state index contributed by atoms with van der Waals surface area (Å²) < 4.78 is 5.86. The molecule has 0 amide bonds. The molecule has 1 saturated heterocycles. The largest absolute Gasteiger partial charge is 0.391 e. The van der Waals surface area contributed by atoms with E-state index in [1.165, 1.54) is 32.2 Å². The quantitative estimate of drug-likeness (QED) is 0.778. The highest BCUT2D eigenvalue weighted by atomic mass is 32.1. The Bertz CT molecular complexity index is 282. The van der Waals surface area contributed by atoms with Gasteiger partial charge < -0.3 is 15.4 Å². The van der Waals surface area contributed by atoms with Crippen molar-refractivity contribution in [1.29, 1.82) is 0 Å². The van der Waals surface area contributed by atoms with E-state index in [-0.39, 0.29) is 5.60 Å². The van der Waals surface area contributed by atoms with Crippen LogP contribution in [0.3, 0.4) is 0 Å². The molecule has 18 heavy (non-hydrogen) atoms. The fraction of sp³-hybridized carbons (Fsp3) is 0.929. The SMILES string of the molecule is CCOC1(C(N)=S)CCN(CC2CCCC2)CC1. The van der Waals surface area contributed by atoms with E-state index in [2.05, 4.69) is 4.90 Å². The zero-order chi connectivity index (χ0) is 13.0. The van der Waals surface area contributed by atoms with Crippen LogP contribution in [0.5, 0.6) is 0 Å². The molecule has 1 aliphatic carbocycles. The van der Waals surface area contributed by atoms with Crippen LogP contribution in [-0.4, -0.2) is 41.7 Å². The lowest BCUT2D eigenvalue weighted by Crippen LogP contribution is -2.53. The smallest absolute Gasteiger partial charge is 0.120 e. The Kier molecular flexibility index (Phi) is 4.98. The Morgan fingerprint density at radius 2 is 1.94 bits per heavy atom. The first-order valence-corrected chi connectivity index (χ1v) is 7.73. The fourth-order valence-corrected chi connectivity index (χ4v) is 3.66. The van der Waals surface area contributed by atoms with Crippen molar-refractivity contribution in [2.45, 2.75) is 51.0 Å². The summed E-state index contributed by atoms with van der Waals surface area (Å²) in [5.74, 6) is 0.925. The van der Waals surface area contributed by atoms with Crippen LogP contribution in [-0.2, 0) is 4.74 Å². The highest BCUT2D eigenvalue weighted by molar-refractivity contribution is 7.80. The van der Waals surface area contributed by atoms with Gasteiger partial charge in [0.05, 0.1) is 0 Å². The summed E-state index contributed by atoms with van der Waals surface area (Å²) in [6, 6.07) is 0. The molecule has 4 heteroatoms. The maximum Gasteiger partial charge on any atom is 0.120 e. The standard InChI is InChI=1S/C14H26N2OS/c1-2-17-14(13(15)18)7-9-16(10-8-14)11-12-5-3-4-6-12/h12H,2-11H2,1H3,(H2,15,18). The average Bonchev–Trinajstić information content (AvgIpc) is 2.85. The molecule has 0 aromatic heterocycles. The van der Waals surface area contributed by atoms with Gasteiger partial charge in [-0.15, -0.1) is 0 Å². The van der Waals surface area contributed by atoms with Gasteiger partial charge in [-0.1, -0.05) is 25.1 Å². The zero-order valence-electron chi connectivity index (χ0n) is 11.5. The van der Waals surface area contributed by atoms with E-state index in [1.54, 1.807) is 0 Å². The molecule has 0 unspecified atom stereocenters. The van der Waals surface area contributed by atoms with Crippen LogP contribution in [0.1, 0.15) is 45.4 Å². The molecule has 0 aromatic carbocycles. The molecule has 2 rings (SSSR count). The third-order valence-electron chi connectivity index (χ3n) is 4.52. The summed E-state index contributed by atoms with van der Waals surface area (Å²) in [6.07, 6.45) is 7.61. The average molecular weight is 270 g/mol. The van der Waals surface area contributed by atoms with E-state index < -0.39 is 0 Å². The first-order chi connectivity index (χ1) is 8.66. The van der Waals surface area contributed by atoms with Gasteiger partial charge >= 0.3 is 0 Å². The topological polar surface area (TPSA) is 38.5 Å². The van der Waals surface area contributed by atoms with E-state index in [0.717, 1.165) is 31.8 Å². The van der Waals surface area contributed by atoms with Crippen LogP contribution in [0.25, 0.3) is 0 Å². The molecule has 1 aliphatic heterocycles. The van der Waals surface area contributed by atoms with Crippen LogP contribution in [0.15, 0.2) is 0 Å². The van der Waals surface area contributed by atoms with Crippen LogP contribution in [0.4, 0.5) is 0 Å². The number of ether oxygens (including phenoxy) is 1. The Morgan fingerprint density at radius 3 is 2.44 bits per heavy atom. The lowest BCUT2D eigenvalue weighted by Gasteiger charge is -2.41. The molecule has 2 aliphatic rings. The second-order valence-electron chi connectivity index (χ2n) is 5.74. The summed E-state index contributed by atoms with van der Waals surface area (Å²) in [5, 5.41) is 0. The van der Waals surface area contributed by atoms with E-state index in [1.807, 2.05) is 6.92 Å². The number of thiocarbonyl (C=S) groups is 1. The minimum atomic E-state index is -0.323. The minimum absolute atomic E-state index is 0.323. The van der Waals surface area contributed by atoms with E-state index >= 15 is 0 Å². The number of rotatable bonds is 5. The highest BCUT2D eigenvalue weighted by Gasteiger charge is 2.38. The number of hydrogen-bond donors (Lipinski definition) is 1. The molecule has 104 valence electrons. The predicted molar refractivity (Wildman–Crippen MR) is 78.8 cm³/mol. The first-order valence-electron chi connectivity index (χ1n) is 7.32. The second kappa shape index (κ2) is 6.31. The molecule has 0 aromatic rings.